The molecule has 0 heterocycles. The highest BCUT2D eigenvalue weighted by molar-refractivity contribution is 5.08. The Labute approximate surface area is 76.3 Å². The molecule has 1 nitrogen and oxygen atoms in total. The van der Waals surface area contributed by atoms with Gasteiger partial charge >= 0.3 is 0 Å². The molecular formula is C11H21N. The zero-order chi connectivity index (χ0) is 9.56. The van der Waals surface area contributed by atoms with Gasteiger partial charge in [0.2, 0.25) is 0 Å². The molecule has 0 amide bonds. The molecule has 0 aromatic carbocycles. The first-order valence-electron chi connectivity index (χ1n) is 4.66. The minimum atomic E-state index is 0.958. The Hall–Kier alpha value is -0.720. The highest BCUT2D eigenvalue weighted by Gasteiger charge is 1.96. The summed E-state index contributed by atoms with van der Waals surface area (Å²) in [6.07, 6.45) is 4.51. The van der Waals surface area contributed by atoms with Crippen LogP contribution in [0.25, 0.3) is 0 Å². The first-order valence-corrected chi connectivity index (χ1v) is 4.66. The van der Waals surface area contributed by atoms with Crippen LogP contribution in [0.2, 0.25) is 0 Å². The van der Waals surface area contributed by atoms with Crippen molar-refractivity contribution in [1.82, 2.24) is 0 Å². The Morgan fingerprint density at radius 3 is 2.17 bits per heavy atom. The number of rotatable bonds is 5. The lowest BCUT2D eigenvalue weighted by Crippen LogP contribution is -1.96. The molecule has 0 aliphatic rings. The van der Waals surface area contributed by atoms with Crippen LogP contribution in [-0.4, -0.2) is 0 Å². The number of nitrogens with two attached hydrogens (primary N) is 1. The summed E-state index contributed by atoms with van der Waals surface area (Å²) in [4.78, 5) is 0. The first-order chi connectivity index (χ1) is 5.57. The van der Waals surface area contributed by atoms with Crippen molar-refractivity contribution in [2.45, 2.75) is 46.5 Å². The summed E-state index contributed by atoms with van der Waals surface area (Å²) in [7, 11) is 0. The van der Waals surface area contributed by atoms with E-state index >= 15 is 0 Å². The molecule has 70 valence electrons. The average Bonchev–Trinajstić information content (AvgIpc) is 2.00. The van der Waals surface area contributed by atoms with E-state index in [4.69, 9.17) is 5.73 Å². The van der Waals surface area contributed by atoms with Crippen LogP contribution < -0.4 is 5.73 Å². The third-order valence-electron chi connectivity index (χ3n) is 2.13. The summed E-state index contributed by atoms with van der Waals surface area (Å²) in [5.41, 5.74) is 9.25. The summed E-state index contributed by atoms with van der Waals surface area (Å²) in [6.45, 7) is 10.2. The van der Waals surface area contributed by atoms with E-state index in [2.05, 4.69) is 20.4 Å². The van der Waals surface area contributed by atoms with Gasteiger partial charge in [-0.1, -0.05) is 31.1 Å². The van der Waals surface area contributed by atoms with Gasteiger partial charge in [-0.3, -0.25) is 0 Å². The van der Waals surface area contributed by atoms with Crippen LogP contribution in [-0.2, 0) is 0 Å². The predicted octanol–water partition coefficient (Wildman–Crippen LogP) is 3.38. The highest BCUT2D eigenvalue weighted by atomic mass is 14.6. The van der Waals surface area contributed by atoms with Gasteiger partial charge in [-0.15, -0.1) is 0 Å². The van der Waals surface area contributed by atoms with E-state index in [0.29, 0.717) is 0 Å². The molecule has 0 unspecified atom stereocenters. The van der Waals surface area contributed by atoms with Crippen LogP contribution in [0.4, 0.5) is 0 Å². The van der Waals surface area contributed by atoms with Gasteiger partial charge < -0.3 is 5.73 Å². The number of hydrogen-bond donors (Lipinski definition) is 1. The lowest BCUT2D eigenvalue weighted by atomic mass is 10.0. The minimum Gasteiger partial charge on any atom is -0.402 e. The fourth-order valence-corrected chi connectivity index (χ4v) is 1.04. The standard InChI is InChI=1S/C11H21N/c1-5-6-9(2)7-8-10(3)11(4)12/h2,5-8,12H2,1,3-4H3/b11-10+. The molecule has 1 heteroatoms. The molecule has 2 N–H and O–H groups in total. The lowest BCUT2D eigenvalue weighted by Gasteiger charge is -2.05. The van der Waals surface area contributed by atoms with E-state index in [1.807, 2.05) is 6.92 Å². The van der Waals surface area contributed by atoms with Crippen molar-refractivity contribution < 1.29 is 0 Å². The van der Waals surface area contributed by atoms with Crippen molar-refractivity contribution in [1.29, 1.82) is 0 Å². The fraction of sp³-hybridized carbons (Fsp3) is 0.636. The smallest absolute Gasteiger partial charge is 0.00380 e. The number of allylic oxidation sites excluding steroid dienone is 3. The second-order valence-corrected chi connectivity index (χ2v) is 3.46. The van der Waals surface area contributed by atoms with E-state index in [1.165, 1.54) is 17.6 Å². The van der Waals surface area contributed by atoms with Crippen molar-refractivity contribution >= 4 is 0 Å². The second kappa shape index (κ2) is 5.87. The molecule has 0 rings (SSSR count). The van der Waals surface area contributed by atoms with Gasteiger partial charge in [0.1, 0.15) is 0 Å². The topological polar surface area (TPSA) is 26.0 Å². The van der Waals surface area contributed by atoms with E-state index in [9.17, 15) is 0 Å². The van der Waals surface area contributed by atoms with E-state index in [1.54, 1.807) is 0 Å². The molecule has 0 saturated carbocycles. The van der Waals surface area contributed by atoms with Crippen LogP contribution in [0.15, 0.2) is 23.4 Å². The van der Waals surface area contributed by atoms with Crippen molar-refractivity contribution in [2.75, 3.05) is 0 Å². The lowest BCUT2D eigenvalue weighted by molar-refractivity contribution is 0.811. The summed E-state index contributed by atoms with van der Waals surface area (Å²) >= 11 is 0. The summed E-state index contributed by atoms with van der Waals surface area (Å²) < 4.78 is 0. The number of hydrogen-bond acceptors (Lipinski definition) is 1. The Morgan fingerprint density at radius 2 is 1.75 bits per heavy atom. The Morgan fingerprint density at radius 1 is 1.17 bits per heavy atom. The van der Waals surface area contributed by atoms with Crippen LogP contribution in [0.1, 0.15) is 46.5 Å². The molecule has 12 heavy (non-hydrogen) atoms. The normalized spacial score (nSPS) is 12.6. The first kappa shape index (κ1) is 11.3. The molecule has 0 bridgehead atoms. The maximum atomic E-state index is 5.65. The quantitative estimate of drug-likeness (QED) is 0.624. The summed E-state index contributed by atoms with van der Waals surface area (Å²) in [6, 6.07) is 0. The SMILES string of the molecule is C=C(CCC)CC/C(C)=C(\C)N. The Kier molecular flexibility index (Phi) is 5.52. The van der Waals surface area contributed by atoms with Crippen LogP contribution in [0, 0.1) is 0 Å². The third-order valence-corrected chi connectivity index (χ3v) is 2.13. The van der Waals surface area contributed by atoms with Crippen molar-refractivity contribution in [2.24, 2.45) is 5.73 Å². The monoisotopic (exact) mass is 167 g/mol. The van der Waals surface area contributed by atoms with Crippen LogP contribution >= 0.6 is 0 Å². The van der Waals surface area contributed by atoms with Gasteiger partial charge in [0, 0.05) is 5.70 Å². The minimum absolute atomic E-state index is 0.958. The van der Waals surface area contributed by atoms with E-state index in [-0.39, 0.29) is 0 Å². The van der Waals surface area contributed by atoms with Gasteiger partial charge in [-0.25, -0.2) is 0 Å². The Balaban J connectivity index is 3.69. The van der Waals surface area contributed by atoms with Gasteiger partial charge in [-0.2, -0.15) is 0 Å². The van der Waals surface area contributed by atoms with E-state index < -0.39 is 0 Å². The largest absolute Gasteiger partial charge is 0.402 e. The molecule has 0 radical (unpaired) electrons. The molecule has 0 aromatic rings. The molecule has 0 spiro atoms. The molecule has 0 fully saturated rings. The molecule has 0 atom stereocenters. The molecule has 0 saturated heterocycles. The fourth-order valence-electron chi connectivity index (χ4n) is 1.04. The van der Waals surface area contributed by atoms with Crippen molar-refractivity contribution in [3.05, 3.63) is 23.4 Å². The zero-order valence-electron chi connectivity index (χ0n) is 8.61. The third kappa shape index (κ3) is 5.00. The van der Waals surface area contributed by atoms with Crippen molar-refractivity contribution in [3.63, 3.8) is 0 Å². The van der Waals surface area contributed by atoms with Gasteiger partial charge in [-0.05, 0) is 33.1 Å². The van der Waals surface area contributed by atoms with Crippen LogP contribution in [0.3, 0.4) is 0 Å². The Bertz CT molecular complexity index is 173. The summed E-state index contributed by atoms with van der Waals surface area (Å²) in [5.74, 6) is 0. The molecule has 0 aliphatic carbocycles. The average molecular weight is 167 g/mol. The van der Waals surface area contributed by atoms with Crippen molar-refractivity contribution in [3.8, 4) is 0 Å². The molecule has 0 aromatic heterocycles. The van der Waals surface area contributed by atoms with E-state index in [0.717, 1.165) is 25.0 Å². The maximum Gasteiger partial charge on any atom is 0.00380 e. The zero-order valence-corrected chi connectivity index (χ0v) is 8.61. The molecular weight excluding hydrogens is 146 g/mol. The van der Waals surface area contributed by atoms with Gasteiger partial charge in [0.15, 0.2) is 0 Å². The predicted molar refractivity (Wildman–Crippen MR) is 55.8 cm³/mol. The van der Waals surface area contributed by atoms with Crippen LogP contribution in [0.5, 0.6) is 0 Å². The second-order valence-electron chi connectivity index (χ2n) is 3.46. The molecule has 0 aliphatic heterocycles. The van der Waals surface area contributed by atoms with Gasteiger partial charge in [0.05, 0.1) is 0 Å². The highest BCUT2D eigenvalue weighted by Crippen LogP contribution is 2.14. The van der Waals surface area contributed by atoms with Gasteiger partial charge in [0.25, 0.3) is 0 Å². The maximum absolute atomic E-state index is 5.65. The summed E-state index contributed by atoms with van der Waals surface area (Å²) in [5, 5.41) is 0.